The molecule has 0 amide bonds. The Morgan fingerprint density at radius 3 is 2.52 bits per heavy atom. The monoisotopic (exact) mass is 495 g/mol. The highest BCUT2D eigenvalue weighted by Gasteiger charge is 2.38. The zero-order valence-corrected chi connectivity index (χ0v) is 20.6. The highest BCUT2D eigenvalue weighted by Crippen LogP contribution is 2.42. The fourth-order valence-electron chi connectivity index (χ4n) is 3.89. The summed E-state index contributed by atoms with van der Waals surface area (Å²) < 4.78 is 57.8. The number of allylic oxidation sites excluding steroid dienone is 1. The third-order valence-corrected chi connectivity index (χ3v) is 8.55. The van der Waals surface area contributed by atoms with Gasteiger partial charge in [-0.25, -0.2) is 17.9 Å². The van der Waals surface area contributed by atoms with Crippen molar-refractivity contribution in [3.63, 3.8) is 0 Å². The summed E-state index contributed by atoms with van der Waals surface area (Å²) in [7, 11) is -6.61. The zero-order valence-electron chi connectivity index (χ0n) is 19.0. The summed E-state index contributed by atoms with van der Waals surface area (Å²) in [6.45, 7) is 7.17. The molecule has 0 saturated heterocycles. The summed E-state index contributed by atoms with van der Waals surface area (Å²) in [5, 5.41) is 8.20. The van der Waals surface area contributed by atoms with Gasteiger partial charge in [0.05, 0.1) is 28.1 Å². The van der Waals surface area contributed by atoms with E-state index in [-0.39, 0.29) is 28.7 Å². The van der Waals surface area contributed by atoms with E-state index in [0.717, 1.165) is 0 Å². The molecule has 0 atom stereocenters. The number of fused-ring (bicyclic) bond motifs is 1. The normalized spacial score (nSPS) is 16.4. The van der Waals surface area contributed by atoms with Crippen LogP contribution in [-0.2, 0) is 36.1 Å². The molecule has 1 aromatic heterocycles. The average Bonchev–Trinajstić information content (AvgIpc) is 3.12. The van der Waals surface area contributed by atoms with Gasteiger partial charge >= 0.3 is 10.1 Å². The van der Waals surface area contributed by atoms with Crippen LogP contribution in [0, 0.1) is 13.8 Å². The van der Waals surface area contributed by atoms with Crippen molar-refractivity contribution in [1.29, 1.82) is 0 Å². The first kappa shape index (κ1) is 24.7. The number of sulfone groups is 1. The molecule has 10 nitrogen and oxygen atoms in total. The molecule has 12 heteroatoms. The number of aromatic nitrogens is 2. The molecular weight excluding hydrogens is 470 g/mol. The van der Waals surface area contributed by atoms with Gasteiger partial charge in [0, 0.05) is 18.5 Å². The third-order valence-electron chi connectivity index (χ3n) is 5.29. The van der Waals surface area contributed by atoms with Crippen LogP contribution in [-0.4, -0.2) is 51.1 Å². The number of nitrogens with zero attached hydrogens (tertiary/aromatic N) is 3. The molecule has 178 valence electrons. The van der Waals surface area contributed by atoms with Crippen molar-refractivity contribution < 1.29 is 30.7 Å². The number of rotatable bonds is 7. The van der Waals surface area contributed by atoms with Gasteiger partial charge in [0.25, 0.3) is 0 Å². The molecule has 1 aromatic carbocycles. The number of hydrogen-bond donors (Lipinski definition) is 0. The summed E-state index contributed by atoms with van der Waals surface area (Å²) in [5.74, 6) is 1.40. The van der Waals surface area contributed by atoms with E-state index in [0.29, 0.717) is 40.8 Å². The van der Waals surface area contributed by atoms with E-state index in [9.17, 15) is 21.6 Å². The second kappa shape index (κ2) is 9.12. The lowest BCUT2D eigenvalue weighted by Crippen LogP contribution is -2.24. The van der Waals surface area contributed by atoms with Crippen LogP contribution in [0.1, 0.15) is 43.4 Å². The largest absolute Gasteiger partial charge is 0.399 e. The highest BCUT2D eigenvalue weighted by atomic mass is 32.2. The summed E-state index contributed by atoms with van der Waals surface area (Å²) in [4.78, 5) is 15.8. The van der Waals surface area contributed by atoms with Crippen molar-refractivity contribution in [3.05, 3.63) is 33.9 Å². The van der Waals surface area contributed by atoms with Crippen LogP contribution in [0.5, 0.6) is 5.88 Å². The summed E-state index contributed by atoms with van der Waals surface area (Å²) >= 11 is 0. The predicted molar refractivity (Wildman–Crippen MR) is 122 cm³/mol. The second-order valence-corrected chi connectivity index (χ2v) is 11.1. The van der Waals surface area contributed by atoms with E-state index in [2.05, 4.69) is 10.3 Å². The Kier molecular flexibility index (Phi) is 6.83. The number of aryl methyl sites for hydroxylation is 2. The van der Waals surface area contributed by atoms with E-state index in [1.165, 1.54) is 23.9 Å². The maximum absolute atomic E-state index is 13.1. The zero-order chi connectivity index (χ0) is 24.6. The van der Waals surface area contributed by atoms with Gasteiger partial charge in [-0.05, 0) is 49.9 Å². The van der Waals surface area contributed by atoms with Gasteiger partial charge in [-0.3, -0.25) is 0 Å². The van der Waals surface area contributed by atoms with Crippen molar-refractivity contribution in [2.45, 2.75) is 52.0 Å². The van der Waals surface area contributed by atoms with Crippen molar-refractivity contribution in [3.8, 4) is 17.0 Å². The fraction of sp³-hybridized carbons (Fsp3) is 0.429. The SMILES string of the molecule is CCCS(=O)(=O)Oc1c(-c2cc(C)c3c(c2C)C(=NOC)CC(=C=O)S3(=O)=O)cnn1CC. The van der Waals surface area contributed by atoms with Gasteiger partial charge < -0.3 is 9.02 Å². The molecular formula is C21H25N3O7S2. The quantitative estimate of drug-likeness (QED) is 0.325. The van der Waals surface area contributed by atoms with Gasteiger partial charge in [0.1, 0.15) is 18.0 Å². The van der Waals surface area contributed by atoms with Crippen LogP contribution in [0.15, 0.2) is 27.2 Å². The van der Waals surface area contributed by atoms with Gasteiger partial charge in [0.15, 0.2) is 0 Å². The Balaban J connectivity index is 2.35. The van der Waals surface area contributed by atoms with E-state index in [1.54, 1.807) is 33.8 Å². The van der Waals surface area contributed by atoms with Gasteiger partial charge in [-0.15, -0.1) is 0 Å². The van der Waals surface area contributed by atoms with Gasteiger partial charge in [-0.1, -0.05) is 12.1 Å². The fourth-order valence-corrected chi connectivity index (χ4v) is 6.59. The first-order valence-corrected chi connectivity index (χ1v) is 13.3. The lowest BCUT2D eigenvalue weighted by atomic mass is 9.91. The lowest BCUT2D eigenvalue weighted by Gasteiger charge is -2.24. The Morgan fingerprint density at radius 1 is 1.24 bits per heavy atom. The average molecular weight is 496 g/mol. The van der Waals surface area contributed by atoms with Crippen LogP contribution in [0.4, 0.5) is 0 Å². The molecule has 0 radical (unpaired) electrons. The summed E-state index contributed by atoms with van der Waals surface area (Å²) in [6, 6.07) is 1.61. The Morgan fingerprint density at radius 2 is 1.94 bits per heavy atom. The van der Waals surface area contributed by atoms with Crippen molar-refractivity contribution in [1.82, 2.24) is 9.78 Å². The molecule has 0 unspecified atom stereocenters. The topological polar surface area (TPSA) is 134 Å². The minimum atomic E-state index is -4.07. The number of benzene rings is 1. The smallest absolute Gasteiger partial charge is 0.310 e. The minimum Gasteiger partial charge on any atom is -0.399 e. The minimum absolute atomic E-state index is 0.0470. The van der Waals surface area contributed by atoms with E-state index >= 15 is 0 Å². The molecule has 0 N–H and O–H groups in total. The Labute approximate surface area is 192 Å². The van der Waals surface area contributed by atoms with Crippen LogP contribution < -0.4 is 4.18 Å². The molecule has 0 saturated carbocycles. The molecule has 0 spiro atoms. The second-order valence-electron chi connectivity index (χ2n) is 7.52. The molecule has 0 bridgehead atoms. The number of oxime groups is 1. The summed E-state index contributed by atoms with van der Waals surface area (Å²) in [5.41, 5.74) is 2.35. The standard InChI is InChI=1S/C21H25N3O7S2/c1-6-8-32(26,27)31-21-17(11-22-24(21)7-2)16-9-13(3)20-19(14(16)4)18(23-30-5)10-15(12-25)33(20,28)29/h9,11H,6-8,10H2,1-5H3. The van der Waals surface area contributed by atoms with Crippen molar-refractivity contribution in [2.75, 3.05) is 12.9 Å². The van der Waals surface area contributed by atoms with Crippen molar-refractivity contribution >= 4 is 31.6 Å². The van der Waals surface area contributed by atoms with Crippen molar-refractivity contribution in [2.24, 2.45) is 5.16 Å². The molecule has 2 aromatic rings. The molecule has 33 heavy (non-hydrogen) atoms. The number of hydrogen-bond acceptors (Lipinski definition) is 9. The van der Waals surface area contributed by atoms with E-state index in [1.807, 2.05) is 0 Å². The molecule has 1 aliphatic heterocycles. The number of carbonyl (C=O) groups excluding carboxylic acids is 1. The van der Waals surface area contributed by atoms with Gasteiger partial charge in [-0.2, -0.15) is 13.5 Å². The molecule has 1 aliphatic rings. The molecule has 0 fully saturated rings. The molecule has 2 heterocycles. The highest BCUT2D eigenvalue weighted by molar-refractivity contribution is 7.95. The Bertz CT molecular complexity index is 1400. The third kappa shape index (κ3) is 4.33. The maximum Gasteiger partial charge on any atom is 0.310 e. The van der Waals surface area contributed by atoms with Crippen LogP contribution in [0.25, 0.3) is 11.1 Å². The first-order valence-electron chi connectivity index (χ1n) is 10.2. The van der Waals surface area contributed by atoms with E-state index in [4.69, 9.17) is 9.02 Å². The summed E-state index contributed by atoms with van der Waals surface area (Å²) in [6.07, 6.45) is 1.60. The predicted octanol–water partition coefficient (Wildman–Crippen LogP) is 2.55. The van der Waals surface area contributed by atoms with Crippen LogP contribution >= 0.6 is 0 Å². The maximum atomic E-state index is 13.1. The van der Waals surface area contributed by atoms with Crippen LogP contribution in [0.3, 0.4) is 0 Å². The van der Waals surface area contributed by atoms with Crippen LogP contribution in [0.2, 0.25) is 0 Å². The van der Waals surface area contributed by atoms with Gasteiger partial charge in [0.2, 0.25) is 15.7 Å². The molecule has 0 aliphatic carbocycles. The Hall–Kier alpha value is -2.95. The molecule has 3 rings (SSSR count). The lowest BCUT2D eigenvalue weighted by molar-refractivity contribution is 0.213. The first-order chi connectivity index (χ1) is 15.5. The van der Waals surface area contributed by atoms with E-state index < -0.39 is 24.9 Å².